The molecule has 4 rings (SSSR count). The number of nitrogens with zero attached hydrogens (tertiary/aromatic N) is 3. The molecule has 1 aliphatic rings. The molecule has 7 nitrogen and oxygen atoms in total. The van der Waals surface area contributed by atoms with Crippen LogP contribution < -0.4 is 0 Å². The Morgan fingerprint density at radius 3 is 2.69 bits per heavy atom. The van der Waals surface area contributed by atoms with Gasteiger partial charge in [-0.2, -0.15) is 0 Å². The van der Waals surface area contributed by atoms with Gasteiger partial charge in [-0.3, -0.25) is 4.79 Å². The van der Waals surface area contributed by atoms with Gasteiger partial charge in [-0.25, -0.2) is 12.8 Å². The van der Waals surface area contributed by atoms with Crippen LogP contribution in [-0.2, 0) is 15.6 Å². The first-order valence-electron chi connectivity index (χ1n) is 9.11. The molecule has 0 bridgehead atoms. The summed E-state index contributed by atoms with van der Waals surface area (Å²) in [4.78, 5) is 14.3. The van der Waals surface area contributed by atoms with Crippen molar-refractivity contribution < 1.29 is 22.0 Å². The second-order valence-electron chi connectivity index (χ2n) is 6.82. The topological polar surface area (TPSA) is 93.4 Å². The Labute approximate surface area is 167 Å². The second-order valence-corrected chi connectivity index (χ2v) is 8.69. The van der Waals surface area contributed by atoms with Crippen LogP contribution in [0.3, 0.4) is 0 Å². The Morgan fingerprint density at radius 1 is 1.14 bits per heavy atom. The Hall–Kier alpha value is -3.07. The molecule has 0 spiro atoms. The average molecular weight is 415 g/mol. The van der Waals surface area contributed by atoms with Gasteiger partial charge in [0, 0.05) is 12.1 Å². The molecule has 1 atom stereocenters. The minimum Gasteiger partial charge on any atom is -0.410 e. The van der Waals surface area contributed by atoms with Gasteiger partial charge in [0.15, 0.2) is 0 Å². The third-order valence-corrected chi connectivity index (χ3v) is 6.17. The number of hydrogen-bond donors (Lipinski definition) is 0. The van der Waals surface area contributed by atoms with Crippen LogP contribution in [0.2, 0.25) is 0 Å². The molecule has 0 aliphatic carbocycles. The quantitative estimate of drug-likeness (QED) is 0.635. The Morgan fingerprint density at radius 2 is 1.93 bits per heavy atom. The fraction of sp³-hybridized carbons (Fsp3) is 0.250. The van der Waals surface area contributed by atoms with Crippen LogP contribution in [0.1, 0.15) is 40.7 Å². The zero-order valence-corrected chi connectivity index (χ0v) is 16.2. The standard InChI is InChI=1S/C20H18FN3O4S/c21-16-9-4-8-15(12-16)19(25)24-11-5-10-17(24)18-22-23-20(28-18)29(26,27)13-14-6-2-1-3-7-14/h1-4,6-9,12,17H,5,10-11,13H2/t17-/m0/s1. The van der Waals surface area contributed by atoms with Gasteiger partial charge in [0.25, 0.3) is 5.91 Å². The summed E-state index contributed by atoms with van der Waals surface area (Å²) in [5.41, 5.74) is 0.823. The number of sulfone groups is 1. The van der Waals surface area contributed by atoms with E-state index in [1.54, 1.807) is 30.3 Å². The lowest BCUT2D eigenvalue weighted by atomic mass is 10.1. The normalized spacial score (nSPS) is 16.9. The lowest BCUT2D eigenvalue weighted by Crippen LogP contribution is -2.30. The van der Waals surface area contributed by atoms with Crippen LogP contribution >= 0.6 is 0 Å². The lowest BCUT2D eigenvalue weighted by Gasteiger charge is -2.22. The summed E-state index contributed by atoms with van der Waals surface area (Å²) in [5.74, 6) is -1.05. The Bertz CT molecular complexity index is 1130. The molecule has 0 N–H and O–H groups in total. The lowest BCUT2D eigenvalue weighted by molar-refractivity contribution is 0.0712. The van der Waals surface area contributed by atoms with Gasteiger partial charge in [0.2, 0.25) is 15.7 Å². The van der Waals surface area contributed by atoms with Gasteiger partial charge < -0.3 is 9.32 Å². The number of carbonyl (C=O) groups excluding carboxylic acids is 1. The highest BCUT2D eigenvalue weighted by atomic mass is 32.2. The van der Waals surface area contributed by atoms with E-state index in [1.165, 1.54) is 29.2 Å². The molecular weight excluding hydrogens is 397 g/mol. The van der Waals surface area contributed by atoms with Gasteiger partial charge in [0.05, 0.1) is 5.75 Å². The average Bonchev–Trinajstić information content (AvgIpc) is 3.37. The maximum absolute atomic E-state index is 13.5. The van der Waals surface area contributed by atoms with E-state index in [4.69, 9.17) is 4.42 Å². The fourth-order valence-electron chi connectivity index (χ4n) is 3.39. The molecule has 0 unspecified atom stereocenters. The van der Waals surface area contributed by atoms with E-state index < -0.39 is 26.9 Å². The predicted octanol–water partition coefficient (Wildman–Crippen LogP) is 3.16. The zero-order chi connectivity index (χ0) is 20.4. The van der Waals surface area contributed by atoms with Crippen molar-refractivity contribution in [2.24, 2.45) is 0 Å². The summed E-state index contributed by atoms with van der Waals surface area (Å²) in [6.45, 7) is 0.439. The Balaban J connectivity index is 1.56. The van der Waals surface area contributed by atoms with Gasteiger partial charge in [0.1, 0.15) is 11.9 Å². The monoisotopic (exact) mass is 415 g/mol. The molecule has 1 aromatic heterocycles. The number of rotatable bonds is 5. The van der Waals surface area contributed by atoms with Crippen molar-refractivity contribution in [3.8, 4) is 0 Å². The van der Waals surface area contributed by atoms with Crippen molar-refractivity contribution in [3.05, 3.63) is 77.4 Å². The molecule has 1 amide bonds. The smallest absolute Gasteiger partial charge is 0.335 e. The highest BCUT2D eigenvalue weighted by Crippen LogP contribution is 2.33. The van der Waals surface area contributed by atoms with E-state index in [0.29, 0.717) is 24.9 Å². The molecule has 1 saturated heterocycles. The molecule has 9 heteroatoms. The van der Waals surface area contributed by atoms with Crippen LogP contribution in [0.4, 0.5) is 4.39 Å². The van der Waals surface area contributed by atoms with Gasteiger partial charge in [-0.15, -0.1) is 5.10 Å². The SMILES string of the molecule is O=C(c1cccc(F)c1)N1CCC[C@H]1c1nnc(S(=O)(=O)Cc2ccccc2)o1. The first-order valence-corrected chi connectivity index (χ1v) is 10.8. The fourth-order valence-corrected chi connectivity index (χ4v) is 4.52. The number of carbonyl (C=O) groups is 1. The number of amides is 1. The maximum atomic E-state index is 13.5. The Kier molecular flexibility index (Phi) is 5.14. The van der Waals surface area contributed by atoms with E-state index in [9.17, 15) is 17.6 Å². The molecule has 1 aliphatic heterocycles. The number of benzene rings is 2. The molecule has 150 valence electrons. The van der Waals surface area contributed by atoms with Crippen LogP contribution in [0.15, 0.2) is 64.2 Å². The molecule has 0 saturated carbocycles. The van der Waals surface area contributed by atoms with Crippen LogP contribution in [0.25, 0.3) is 0 Å². The first-order chi connectivity index (χ1) is 13.9. The third-order valence-electron chi connectivity index (χ3n) is 4.76. The van der Waals surface area contributed by atoms with Crippen LogP contribution in [0.5, 0.6) is 0 Å². The molecule has 29 heavy (non-hydrogen) atoms. The minimum atomic E-state index is -3.81. The number of aromatic nitrogens is 2. The summed E-state index contributed by atoms with van der Waals surface area (Å²) in [7, 11) is -3.81. The van der Waals surface area contributed by atoms with E-state index in [-0.39, 0.29) is 23.1 Å². The first kappa shape index (κ1) is 19.3. The number of hydrogen-bond acceptors (Lipinski definition) is 6. The second kappa shape index (κ2) is 7.75. The predicted molar refractivity (Wildman–Crippen MR) is 101 cm³/mol. The summed E-state index contributed by atoms with van der Waals surface area (Å²) in [5, 5.41) is 7.12. The molecule has 3 aromatic rings. The van der Waals surface area contributed by atoms with Crippen molar-refractivity contribution in [2.75, 3.05) is 6.54 Å². The van der Waals surface area contributed by atoms with Gasteiger partial charge >= 0.3 is 5.22 Å². The van der Waals surface area contributed by atoms with Gasteiger partial charge in [-0.1, -0.05) is 41.5 Å². The molecule has 0 radical (unpaired) electrons. The number of halogens is 1. The molecule has 2 heterocycles. The van der Waals surface area contributed by atoms with E-state index in [1.807, 2.05) is 0 Å². The molecule has 2 aromatic carbocycles. The summed E-state index contributed by atoms with van der Waals surface area (Å²) < 4.78 is 44.1. The largest absolute Gasteiger partial charge is 0.410 e. The van der Waals surface area contributed by atoms with E-state index >= 15 is 0 Å². The van der Waals surface area contributed by atoms with E-state index in [2.05, 4.69) is 10.2 Å². The van der Waals surface area contributed by atoms with Gasteiger partial charge in [-0.05, 0) is 36.6 Å². The highest BCUT2D eigenvalue weighted by molar-refractivity contribution is 7.90. The summed E-state index contributed by atoms with van der Waals surface area (Å²) in [6.07, 6.45) is 1.25. The minimum absolute atomic E-state index is 0.0684. The zero-order valence-electron chi connectivity index (χ0n) is 15.4. The van der Waals surface area contributed by atoms with Crippen LogP contribution in [-0.4, -0.2) is 36.0 Å². The molecule has 1 fully saturated rings. The maximum Gasteiger partial charge on any atom is 0.335 e. The highest BCUT2D eigenvalue weighted by Gasteiger charge is 2.35. The summed E-state index contributed by atoms with van der Waals surface area (Å²) in [6, 6.07) is 13.6. The van der Waals surface area contributed by atoms with Crippen molar-refractivity contribution in [1.29, 1.82) is 0 Å². The van der Waals surface area contributed by atoms with Crippen molar-refractivity contribution in [2.45, 2.75) is 29.9 Å². The van der Waals surface area contributed by atoms with Crippen molar-refractivity contribution in [3.63, 3.8) is 0 Å². The van der Waals surface area contributed by atoms with Crippen molar-refractivity contribution in [1.82, 2.24) is 15.1 Å². The number of likely N-dealkylation sites (tertiary alicyclic amines) is 1. The van der Waals surface area contributed by atoms with E-state index in [0.717, 1.165) is 0 Å². The van der Waals surface area contributed by atoms with Crippen LogP contribution in [0, 0.1) is 5.82 Å². The third kappa shape index (κ3) is 4.04. The molecular formula is C20H18FN3O4S. The van der Waals surface area contributed by atoms with Crippen molar-refractivity contribution >= 4 is 15.7 Å². The summed E-state index contributed by atoms with van der Waals surface area (Å²) >= 11 is 0.